The molecule has 0 aromatic heterocycles. The summed E-state index contributed by atoms with van der Waals surface area (Å²) >= 11 is 0. The third-order valence-electron chi connectivity index (χ3n) is 1.81. The fourth-order valence-electron chi connectivity index (χ4n) is 1.08. The van der Waals surface area contributed by atoms with E-state index in [1.807, 2.05) is 0 Å². The SMILES string of the molecule is COCCOCCN1CC(=O)NC1=O. The first-order chi connectivity index (χ1) is 6.74. The summed E-state index contributed by atoms with van der Waals surface area (Å²) in [6.07, 6.45) is 0. The Morgan fingerprint density at radius 3 is 2.71 bits per heavy atom. The van der Waals surface area contributed by atoms with Crippen LogP contribution in [0.15, 0.2) is 0 Å². The molecule has 1 aliphatic rings. The van der Waals surface area contributed by atoms with E-state index in [1.54, 1.807) is 7.11 Å². The number of nitrogens with zero attached hydrogens (tertiary/aromatic N) is 1. The minimum atomic E-state index is -0.342. The van der Waals surface area contributed by atoms with E-state index in [0.29, 0.717) is 26.4 Å². The van der Waals surface area contributed by atoms with Gasteiger partial charge < -0.3 is 14.4 Å². The van der Waals surface area contributed by atoms with E-state index in [1.165, 1.54) is 4.90 Å². The zero-order chi connectivity index (χ0) is 10.4. The van der Waals surface area contributed by atoms with Crippen LogP contribution >= 0.6 is 0 Å². The van der Waals surface area contributed by atoms with Gasteiger partial charge >= 0.3 is 6.03 Å². The third-order valence-corrected chi connectivity index (χ3v) is 1.81. The van der Waals surface area contributed by atoms with Gasteiger partial charge in [-0.3, -0.25) is 10.1 Å². The fraction of sp³-hybridized carbons (Fsp3) is 0.750. The van der Waals surface area contributed by atoms with Crippen LogP contribution in [-0.2, 0) is 14.3 Å². The van der Waals surface area contributed by atoms with E-state index >= 15 is 0 Å². The van der Waals surface area contributed by atoms with Gasteiger partial charge in [0.2, 0.25) is 5.91 Å². The molecule has 0 aliphatic carbocycles. The lowest BCUT2D eigenvalue weighted by atomic mass is 10.5. The summed E-state index contributed by atoms with van der Waals surface area (Å²) in [6, 6.07) is -0.342. The number of urea groups is 1. The third kappa shape index (κ3) is 3.31. The van der Waals surface area contributed by atoms with Gasteiger partial charge in [-0.25, -0.2) is 4.79 Å². The van der Waals surface area contributed by atoms with Gasteiger partial charge in [0.25, 0.3) is 0 Å². The number of amides is 3. The van der Waals surface area contributed by atoms with Crippen molar-refractivity contribution in [1.82, 2.24) is 10.2 Å². The van der Waals surface area contributed by atoms with Crippen LogP contribution in [0.4, 0.5) is 4.79 Å². The quantitative estimate of drug-likeness (QED) is 0.452. The Morgan fingerprint density at radius 2 is 2.14 bits per heavy atom. The van der Waals surface area contributed by atoms with Crippen molar-refractivity contribution in [3.8, 4) is 0 Å². The summed E-state index contributed by atoms with van der Waals surface area (Å²) in [5.74, 6) is -0.258. The van der Waals surface area contributed by atoms with Crippen LogP contribution in [0.25, 0.3) is 0 Å². The maximum atomic E-state index is 11.0. The molecule has 1 rings (SSSR count). The van der Waals surface area contributed by atoms with Crippen molar-refractivity contribution >= 4 is 11.9 Å². The summed E-state index contributed by atoms with van der Waals surface area (Å²) in [5.41, 5.74) is 0. The zero-order valence-corrected chi connectivity index (χ0v) is 8.12. The average Bonchev–Trinajstić information content (AvgIpc) is 2.45. The number of hydrogen-bond acceptors (Lipinski definition) is 4. The number of nitrogens with one attached hydrogen (secondary N) is 1. The highest BCUT2D eigenvalue weighted by molar-refractivity contribution is 6.01. The summed E-state index contributed by atoms with van der Waals surface area (Å²) in [6.45, 7) is 2.02. The van der Waals surface area contributed by atoms with E-state index in [0.717, 1.165) is 0 Å². The van der Waals surface area contributed by atoms with E-state index in [-0.39, 0.29) is 18.5 Å². The zero-order valence-electron chi connectivity index (χ0n) is 8.12. The maximum Gasteiger partial charge on any atom is 0.324 e. The predicted octanol–water partition coefficient (Wildman–Crippen LogP) is -0.799. The fourth-order valence-corrected chi connectivity index (χ4v) is 1.08. The van der Waals surface area contributed by atoms with E-state index < -0.39 is 0 Å². The van der Waals surface area contributed by atoms with Crippen LogP contribution < -0.4 is 5.32 Å². The molecular formula is C8H14N2O4. The maximum absolute atomic E-state index is 11.0. The molecule has 1 fully saturated rings. The van der Waals surface area contributed by atoms with Crippen LogP contribution in [0.5, 0.6) is 0 Å². The number of hydrogen-bond donors (Lipinski definition) is 1. The largest absolute Gasteiger partial charge is 0.382 e. The van der Waals surface area contributed by atoms with Crippen molar-refractivity contribution in [3.63, 3.8) is 0 Å². The first-order valence-corrected chi connectivity index (χ1v) is 4.39. The highest BCUT2D eigenvalue weighted by Crippen LogP contribution is 1.96. The molecule has 14 heavy (non-hydrogen) atoms. The first kappa shape index (κ1) is 10.9. The van der Waals surface area contributed by atoms with Gasteiger partial charge in [0.15, 0.2) is 0 Å². The molecule has 6 heteroatoms. The normalized spacial score (nSPS) is 16.2. The van der Waals surface area contributed by atoms with Crippen molar-refractivity contribution in [2.45, 2.75) is 0 Å². The second-order valence-corrected chi connectivity index (χ2v) is 2.88. The molecule has 0 unspecified atom stereocenters. The topological polar surface area (TPSA) is 67.9 Å². The Kier molecular flexibility index (Phi) is 4.34. The van der Waals surface area contributed by atoms with Gasteiger partial charge in [-0.05, 0) is 0 Å². The van der Waals surface area contributed by atoms with Crippen LogP contribution in [0, 0.1) is 0 Å². The van der Waals surface area contributed by atoms with Crippen LogP contribution in [-0.4, -0.2) is 56.9 Å². The lowest BCUT2D eigenvalue weighted by Crippen LogP contribution is -2.31. The molecule has 1 heterocycles. The molecule has 1 N–H and O–H groups in total. The number of carbonyl (C=O) groups is 2. The Bertz CT molecular complexity index is 219. The number of carbonyl (C=O) groups excluding carboxylic acids is 2. The molecule has 0 bridgehead atoms. The highest BCUT2D eigenvalue weighted by Gasteiger charge is 2.25. The van der Waals surface area contributed by atoms with Crippen LogP contribution in [0.1, 0.15) is 0 Å². The van der Waals surface area contributed by atoms with Gasteiger partial charge in [-0.1, -0.05) is 0 Å². The minimum Gasteiger partial charge on any atom is -0.382 e. The summed E-state index contributed by atoms with van der Waals surface area (Å²) in [5, 5.41) is 2.19. The van der Waals surface area contributed by atoms with Gasteiger partial charge in [-0.2, -0.15) is 0 Å². The number of imide groups is 1. The summed E-state index contributed by atoms with van der Waals surface area (Å²) in [7, 11) is 1.59. The molecule has 0 radical (unpaired) electrons. The van der Waals surface area contributed by atoms with Crippen molar-refractivity contribution < 1.29 is 19.1 Å². The number of ether oxygens (including phenoxy) is 2. The van der Waals surface area contributed by atoms with Crippen molar-refractivity contribution in [1.29, 1.82) is 0 Å². The minimum absolute atomic E-state index is 0.131. The molecule has 0 aromatic carbocycles. The smallest absolute Gasteiger partial charge is 0.324 e. The Hall–Kier alpha value is -1.14. The summed E-state index contributed by atoms with van der Waals surface area (Å²) < 4.78 is 9.94. The Morgan fingerprint density at radius 1 is 1.36 bits per heavy atom. The first-order valence-electron chi connectivity index (χ1n) is 4.39. The van der Waals surface area contributed by atoms with Gasteiger partial charge in [0.05, 0.1) is 19.8 Å². The molecule has 3 amide bonds. The second-order valence-electron chi connectivity index (χ2n) is 2.88. The molecule has 0 saturated carbocycles. The predicted molar refractivity (Wildman–Crippen MR) is 47.8 cm³/mol. The van der Waals surface area contributed by atoms with Crippen LogP contribution in [0.3, 0.4) is 0 Å². The lowest BCUT2D eigenvalue weighted by molar-refractivity contribution is -0.118. The van der Waals surface area contributed by atoms with E-state index in [9.17, 15) is 9.59 Å². The molecule has 0 spiro atoms. The molecule has 1 saturated heterocycles. The van der Waals surface area contributed by atoms with Crippen LogP contribution in [0.2, 0.25) is 0 Å². The van der Waals surface area contributed by atoms with Crippen molar-refractivity contribution in [2.24, 2.45) is 0 Å². The molecule has 80 valence electrons. The number of methoxy groups -OCH3 is 1. The highest BCUT2D eigenvalue weighted by atomic mass is 16.5. The Balaban J connectivity index is 2.07. The Labute approximate surface area is 82.1 Å². The van der Waals surface area contributed by atoms with E-state index in [2.05, 4.69) is 5.32 Å². The lowest BCUT2D eigenvalue weighted by Gasteiger charge is -2.12. The number of rotatable bonds is 6. The molecule has 0 atom stereocenters. The standard InChI is InChI=1S/C8H14N2O4/c1-13-4-5-14-3-2-10-6-7(11)9-8(10)12/h2-6H2,1H3,(H,9,11,12). The molecule has 1 aliphatic heterocycles. The molecular weight excluding hydrogens is 188 g/mol. The molecule has 6 nitrogen and oxygen atoms in total. The van der Waals surface area contributed by atoms with Gasteiger partial charge in [-0.15, -0.1) is 0 Å². The van der Waals surface area contributed by atoms with Gasteiger partial charge in [0.1, 0.15) is 6.54 Å². The average molecular weight is 202 g/mol. The van der Waals surface area contributed by atoms with Gasteiger partial charge in [0, 0.05) is 13.7 Å². The second kappa shape index (κ2) is 5.56. The molecule has 0 aromatic rings. The van der Waals surface area contributed by atoms with Crippen molar-refractivity contribution in [3.05, 3.63) is 0 Å². The monoisotopic (exact) mass is 202 g/mol. The van der Waals surface area contributed by atoms with Crippen molar-refractivity contribution in [2.75, 3.05) is 40.0 Å². The van der Waals surface area contributed by atoms with E-state index in [4.69, 9.17) is 9.47 Å². The summed E-state index contributed by atoms with van der Waals surface area (Å²) in [4.78, 5) is 23.2.